The smallest absolute Gasteiger partial charge is 0.138 e. The summed E-state index contributed by atoms with van der Waals surface area (Å²) in [4.78, 5) is 11.5. The van der Waals surface area contributed by atoms with E-state index < -0.39 is 6.10 Å². The lowest BCUT2D eigenvalue weighted by atomic mass is 9.92. The van der Waals surface area contributed by atoms with Crippen LogP contribution in [0.1, 0.15) is 31.9 Å². The second kappa shape index (κ2) is 5.66. The average molecular weight is 222 g/mol. The minimum absolute atomic E-state index is 0.0651. The van der Waals surface area contributed by atoms with Crippen molar-refractivity contribution in [2.75, 3.05) is 7.11 Å². The van der Waals surface area contributed by atoms with Gasteiger partial charge in [0.25, 0.3) is 0 Å². The van der Waals surface area contributed by atoms with Gasteiger partial charge in [-0.2, -0.15) is 0 Å². The number of hydrogen-bond donors (Lipinski definition) is 1. The zero-order valence-electron chi connectivity index (χ0n) is 9.93. The van der Waals surface area contributed by atoms with Gasteiger partial charge >= 0.3 is 0 Å². The number of Topliss-reactive ketones (excluding diaryl/α,β-unsaturated/α-hetero) is 1. The van der Waals surface area contributed by atoms with E-state index >= 15 is 0 Å². The molecule has 1 N–H and O–H groups in total. The molecular formula is C13H18O3. The number of carbonyl (C=O) groups is 1. The first-order valence-electron chi connectivity index (χ1n) is 5.44. The molecular weight excluding hydrogens is 204 g/mol. The molecule has 2 unspecified atom stereocenters. The molecule has 0 aromatic heterocycles. The number of carbonyl (C=O) groups excluding carboxylic acids is 1. The quantitative estimate of drug-likeness (QED) is 0.831. The molecule has 0 aliphatic heterocycles. The predicted octanol–water partition coefficient (Wildman–Crippen LogP) is 2.34. The van der Waals surface area contributed by atoms with Crippen molar-refractivity contribution in [3.8, 4) is 5.75 Å². The largest absolute Gasteiger partial charge is 0.497 e. The molecule has 1 aromatic carbocycles. The van der Waals surface area contributed by atoms with Crippen molar-refractivity contribution in [3.05, 3.63) is 29.8 Å². The van der Waals surface area contributed by atoms with Crippen LogP contribution in [0.2, 0.25) is 0 Å². The van der Waals surface area contributed by atoms with Crippen molar-refractivity contribution in [3.63, 3.8) is 0 Å². The highest BCUT2D eigenvalue weighted by molar-refractivity contribution is 5.81. The number of aliphatic hydroxyl groups is 1. The van der Waals surface area contributed by atoms with Crippen LogP contribution in [0.5, 0.6) is 5.75 Å². The highest BCUT2D eigenvalue weighted by atomic mass is 16.5. The van der Waals surface area contributed by atoms with Crippen molar-refractivity contribution in [2.24, 2.45) is 5.92 Å². The lowest BCUT2D eigenvalue weighted by Gasteiger charge is -2.18. The van der Waals surface area contributed by atoms with Crippen LogP contribution in [0, 0.1) is 5.92 Å². The number of ether oxygens (including phenoxy) is 1. The van der Waals surface area contributed by atoms with E-state index in [1.807, 2.05) is 6.07 Å². The first-order valence-corrected chi connectivity index (χ1v) is 5.44. The number of methoxy groups -OCH3 is 1. The number of rotatable bonds is 5. The van der Waals surface area contributed by atoms with E-state index in [-0.39, 0.29) is 11.7 Å². The molecule has 0 aliphatic carbocycles. The Morgan fingerprint density at radius 1 is 1.50 bits per heavy atom. The van der Waals surface area contributed by atoms with Gasteiger partial charge in [-0.3, -0.25) is 4.79 Å². The molecule has 1 rings (SSSR count). The molecule has 0 spiro atoms. The number of ketones is 1. The third-order valence-electron chi connectivity index (χ3n) is 2.77. The number of aliphatic hydroxyl groups excluding tert-OH is 1. The number of benzene rings is 1. The Labute approximate surface area is 96.1 Å². The van der Waals surface area contributed by atoms with Crippen LogP contribution in [0.3, 0.4) is 0 Å². The summed E-state index contributed by atoms with van der Waals surface area (Å²) in [5.41, 5.74) is 0.716. The minimum Gasteiger partial charge on any atom is -0.497 e. The molecule has 3 heteroatoms. The van der Waals surface area contributed by atoms with Crippen LogP contribution in [-0.4, -0.2) is 18.0 Å². The summed E-state index contributed by atoms with van der Waals surface area (Å²) >= 11 is 0. The van der Waals surface area contributed by atoms with Crippen LogP contribution in [0.4, 0.5) is 0 Å². The topological polar surface area (TPSA) is 46.5 Å². The SMILES string of the molecule is CCC(=O)C(C)C(O)c1cccc(OC)c1. The van der Waals surface area contributed by atoms with Crippen molar-refractivity contribution < 1.29 is 14.6 Å². The molecule has 0 radical (unpaired) electrons. The molecule has 0 aliphatic rings. The van der Waals surface area contributed by atoms with E-state index in [1.54, 1.807) is 39.2 Å². The van der Waals surface area contributed by atoms with Gasteiger partial charge in [-0.05, 0) is 17.7 Å². The monoisotopic (exact) mass is 222 g/mol. The summed E-state index contributed by atoms with van der Waals surface area (Å²) in [6, 6.07) is 7.17. The molecule has 88 valence electrons. The van der Waals surface area contributed by atoms with Gasteiger partial charge in [0.2, 0.25) is 0 Å². The summed E-state index contributed by atoms with van der Waals surface area (Å²) in [6.07, 6.45) is -0.315. The van der Waals surface area contributed by atoms with E-state index in [9.17, 15) is 9.90 Å². The van der Waals surface area contributed by atoms with E-state index in [0.717, 1.165) is 0 Å². The van der Waals surface area contributed by atoms with Crippen molar-refractivity contribution in [1.29, 1.82) is 0 Å². The zero-order chi connectivity index (χ0) is 12.1. The maximum atomic E-state index is 11.5. The Balaban J connectivity index is 2.86. The summed E-state index contributed by atoms with van der Waals surface area (Å²) < 4.78 is 5.08. The second-order valence-corrected chi connectivity index (χ2v) is 3.83. The Hall–Kier alpha value is -1.35. The van der Waals surface area contributed by atoms with Crippen LogP contribution in [-0.2, 0) is 4.79 Å². The Bertz CT molecular complexity index is 360. The summed E-state index contributed by atoms with van der Waals surface area (Å²) in [6.45, 7) is 3.55. The molecule has 3 nitrogen and oxygen atoms in total. The summed E-state index contributed by atoms with van der Waals surface area (Å²) in [7, 11) is 1.58. The van der Waals surface area contributed by atoms with E-state index in [0.29, 0.717) is 17.7 Å². The molecule has 0 fully saturated rings. The Kier molecular flexibility index (Phi) is 4.50. The third kappa shape index (κ3) is 2.83. The summed E-state index contributed by atoms with van der Waals surface area (Å²) in [5, 5.41) is 10.0. The van der Waals surface area contributed by atoms with Gasteiger partial charge in [0.05, 0.1) is 13.2 Å². The third-order valence-corrected chi connectivity index (χ3v) is 2.77. The van der Waals surface area contributed by atoms with Gasteiger partial charge in [0, 0.05) is 12.3 Å². The average Bonchev–Trinajstić information content (AvgIpc) is 2.36. The Morgan fingerprint density at radius 3 is 2.75 bits per heavy atom. The highest BCUT2D eigenvalue weighted by Gasteiger charge is 2.22. The van der Waals surface area contributed by atoms with Crippen molar-refractivity contribution in [2.45, 2.75) is 26.4 Å². The van der Waals surface area contributed by atoms with Crippen molar-refractivity contribution in [1.82, 2.24) is 0 Å². The van der Waals surface area contributed by atoms with Crippen LogP contribution < -0.4 is 4.74 Å². The van der Waals surface area contributed by atoms with E-state index in [4.69, 9.17) is 4.74 Å². The first-order chi connectivity index (χ1) is 7.60. The molecule has 0 saturated carbocycles. The number of hydrogen-bond acceptors (Lipinski definition) is 3. The van der Waals surface area contributed by atoms with Gasteiger partial charge < -0.3 is 9.84 Å². The second-order valence-electron chi connectivity index (χ2n) is 3.83. The fraction of sp³-hybridized carbons (Fsp3) is 0.462. The zero-order valence-corrected chi connectivity index (χ0v) is 9.93. The van der Waals surface area contributed by atoms with E-state index in [1.165, 1.54) is 0 Å². The summed E-state index contributed by atoms with van der Waals surface area (Å²) in [5.74, 6) is 0.375. The first kappa shape index (κ1) is 12.7. The van der Waals surface area contributed by atoms with Crippen LogP contribution in [0.25, 0.3) is 0 Å². The molecule has 16 heavy (non-hydrogen) atoms. The molecule has 0 bridgehead atoms. The van der Waals surface area contributed by atoms with Crippen LogP contribution >= 0.6 is 0 Å². The molecule has 0 amide bonds. The van der Waals surface area contributed by atoms with Gasteiger partial charge in [-0.15, -0.1) is 0 Å². The van der Waals surface area contributed by atoms with Crippen LogP contribution in [0.15, 0.2) is 24.3 Å². The lowest BCUT2D eigenvalue weighted by Crippen LogP contribution is -2.18. The lowest BCUT2D eigenvalue weighted by molar-refractivity contribution is -0.125. The predicted molar refractivity (Wildman–Crippen MR) is 62.4 cm³/mol. The normalized spacial score (nSPS) is 14.2. The van der Waals surface area contributed by atoms with Crippen molar-refractivity contribution >= 4 is 5.78 Å². The molecule has 0 saturated heterocycles. The highest BCUT2D eigenvalue weighted by Crippen LogP contribution is 2.26. The Morgan fingerprint density at radius 2 is 2.19 bits per heavy atom. The van der Waals surface area contributed by atoms with Gasteiger partial charge in [0.15, 0.2) is 0 Å². The maximum absolute atomic E-state index is 11.5. The van der Waals surface area contributed by atoms with E-state index in [2.05, 4.69) is 0 Å². The van der Waals surface area contributed by atoms with Gasteiger partial charge in [-0.25, -0.2) is 0 Å². The maximum Gasteiger partial charge on any atom is 0.138 e. The standard InChI is InChI=1S/C13H18O3/c1-4-12(14)9(2)13(15)10-6-5-7-11(8-10)16-3/h5-9,13,15H,4H2,1-3H3. The fourth-order valence-corrected chi connectivity index (χ4v) is 1.61. The molecule has 2 atom stereocenters. The molecule has 1 aromatic rings. The van der Waals surface area contributed by atoms with Gasteiger partial charge in [-0.1, -0.05) is 26.0 Å². The van der Waals surface area contributed by atoms with Gasteiger partial charge in [0.1, 0.15) is 11.5 Å². The minimum atomic E-state index is -0.762. The molecule has 0 heterocycles. The fourth-order valence-electron chi connectivity index (χ4n) is 1.61.